The van der Waals surface area contributed by atoms with Crippen LogP contribution in [-0.4, -0.2) is 33.4 Å². The number of benzene rings is 1. The number of imide groups is 1. The number of amides is 3. The van der Waals surface area contributed by atoms with E-state index >= 15 is 0 Å². The average Bonchev–Trinajstić information content (AvgIpc) is 3.08. The molecule has 3 heterocycles. The number of alkyl halides is 3. The van der Waals surface area contributed by atoms with Gasteiger partial charge in [0, 0.05) is 12.3 Å². The van der Waals surface area contributed by atoms with Crippen LogP contribution in [0.2, 0.25) is 0 Å². The zero-order chi connectivity index (χ0) is 24.6. The smallest absolute Gasteiger partial charge is 0.417 e. The zero-order valence-electron chi connectivity index (χ0n) is 18.1. The van der Waals surface area contributed by atoms with E-state index in [2.05, 4.69) is 15.0 Å². The Balaban J connectivity index is 1.67. The molecule has 0 atom stereocenters. The Morgan fingerprint density at radius 1 is 1.15 bits per heavy atom. The van der Waals surface area contributed by atoms with Crippen LogP contribution in [0.5, 0.6) is 11.6 Å². The Morgan fingerprint density at radius 2 is 1.91 bits per heavy atom. The SMILES string of the molecule is CCc1c(Oc2cc(N)ncn2)ccc(N2C(=O)CN(c3cncc(C(F)(F)F)c3)C2=O)c1C. The normalized spacial score (nSPS) is 14.1. The van der Waals surface area contributed by atoms with Crippen molar-refractivity contribution in [3.05, 3.63) is 59.7 Å². The fourth-order valence-electron chi connectivity index (χ4n) is 3.69. The minimum atomic E-state index is -4.63. The van der Waals surface area contributed by atoms with Gasteiger partial charge in [-0.3, -0.25) is 14.7 Å². The van der Waals surface area contributed by atoms with Gasteiger partial charge >= 0.3 is 12.2 Å². The highest BCUT2D eigenvalue weighted by atomic mass is 19.4. The van der Waals surface area contributed by atoms with Crippen molar-refractivity contribution >= 4 is 29.1 Å². The summed E-state index contributed by atoms with van der Waals surface area (Å²) < 4.78 is 45.0. The van der Waals surface area contributed by atoms with Crippen molar-refractivity contribution in [1.29, 1.82) is 0 Å². The molecule has 0 unspecified atom stereocenters. The lowest BCUT2D eigenvalue weighted by Crippen LogP contribution is -2.33. The second-order valence-electron chi connectivity index (χ2n) is 7.45. The van der Waals surface area contributed by atoms with E-state index in [1.54, 1.807) is 13.0 Å². The average molecular weight is 472 g/mol. The highest BCUT2D eigenvalue weighted by molar-refractivity contribution is 6.27. The first-order valence-electron chi connectivity index (χ1n) is 10.1. The van der Waals surface area contributed by atoms with Crippen LogP contribution in [0.4, 0.5) is 35.2 Å². The zero-order valence-corrected chi connectivity index (χ0v) is 18.1. The standard InChI is InChI=1S/C22H19F3N6O3/c1-3-15-12(2)16(4-5-17(15)34-19-7-18(26)28-11-29-19)31-20(32)10-30(21(31)33)14-6-13(8-27-9-14)22(23,24)25/h4-9,11H,3,10H2,1-2H3,(H2,26,28,29). The number of halogens is 3. The molecule has 1 aliphatic heterocycles. The van der Waals surface area contributed by atoms with Crippen molar-refractivity contribution in [3.8, 4) is 11.6 Å². The number of carbonyl (C=O) groups is 2. The van der Waals surface area contributed by atoms with Crippen LogP contribution in [0.15, 0.2) is 43.0 Å². The molecule has 34 heavy (non-hydrogen) atoms. The van der Waals surface area contributed by atoms with E-state index in [-0.39, 0.29) is 17.4 Å². The van der Waals surface area contributed by atoms with Crippen LogP contribution in [-0.2, 0) is 17.4 Å². The van der Waals surface area contributed by atoms with Crippen LogP contribution < -0.4 is 20.3 Å². The third-order valence-corrected chi connectivity index (χ3v) is 5.33. The molecule has 0 aliphatic carbocycles. The highest BCUT2D eigenvalue weighted by Crippen LogP contribution is 2.37. The monoisotopic (exact) mass is 472 g/mol. The fraction of sp³-hybridized carbons (Fsp3) is 0.227. The first-order valence-corrected chi connectivity index (χ1v) is 10.1. The van der Waals surface area contributed by atoms with Crippen LogP contribution in [0.25, 0.3) is 0 Å². The third-order valence-electron chi connectivity index (χ3n) is 5.33. The minimum Gasteiger partial charge on any atom is -0.439 e. The topological polar surface area (TPSA) is 115 Å². The van der Waals surface area contributed by atoms with Crippen molar-refractivity contribution < 1.29 is 27.5 Å². The molecule has 2 N–H and O–H groups in total. The lowest BCUT2D eigenvalue weighted by molar-refractivity contribution is -0.137. The Morgan fingerprint density at radius 3 is 2.59 bits per heavy atom. The minimum absolute atomic E-state index is 0.120. The summed E-state index contributed by atoms with van der Waals surface area (Å²) in [7, 11) is 0. The number of ether oxygens (including phenoxy) is 1. The Kier molecular flexibility index (Phi) is 5.82. The van der Waals surface area contributed by atoms with Gasteiger partial charge < -0.3 is 10.5 Å². The van der Waals surface area contributed by atoms with Gasteiger partial charge in [0.15, 0.2) is 0 Å². The van der Waals surface area contributed by atoms with Crippen molar-refractivity contribution in [1.82, 2.24) is 15.0 Å². The lowest BCUT2D eigenvalue weighted by atomic mass is 10.0. The summed E-state index contributed by atoms with van der Waals surface area (Å²) in [6.45, 7) is 3.19. The van der Waals surface area contributed by atoms with Gasteiger partial charge in [-0.2, -0.15) is 13.2 Å². The van der Waals surface area contributed by atoms with Crippen molar-refractivity contribution in [2.45, 2.75) is 26.4 Å². The molecule has 1 aromatic carbocycles. The van der Waals surface area contributed by atoms with Gasteiger partial charge in [0.1, 0.15) is 24.4 Å². The summed E-state index contributed by atoms with van der Waals surface area (Å²) in [6, 6.07) is 4.61. The fourth-order valence-corrected chi connectivity index (χ4v) is 3.69. The van der Waals surface area contributed by atoms with E-state index in [1.807, 2.05) is 6.92 Å². The van der Waals surface area contributed by atoms with Gasteiger partial charge in [-0.25, -0.2) is 19.7 Å². The summed E-state index contributed by atoms with van der Waals surface area (Å²) in [5.41, 5.74) is 6.16. The van der Waals surface area contributed by atoms with Crippen molar-refractivity contribution in [3.63, 3.8) is 0 Å². The maximum absolute atomic E-state index is 13.1. The summed E-state index contributed by atoms with van der Waals surface area (Å²) in [5, 5.41) is 0. The molecule has 12 heteroatoms. The quantitative estimate of drug-likeness (QED) is 0.556. The molecule has 1 saturated heterocycles. The van der Waals surface area contributed by atoms with Gasteiger partial charge in [-0.05, 0) is 42.7 Å². The molecule has 0 spiro atoms. The number of nitrogen functional groups attached to an aromatic ring is 1. The summed E-state index contributed by atoms with van der Waals surface area (Å²) in [5.74, 6) is 0.337. The predicted octanol–water partition coefficient (Wildman–Crippen LogP) is 4.11. The van der Waals surface area contributed by atoms with E-state index in [0.29, 0.717) is 29.6 Å². The van der Waals surface area contributed by atoms with Crippen molar-refractivity contribution in [2.75, 3.05) is 22.1 Å². The largest absolute Gasteiger partial charge is 0.439 e. The molecule has 0 bridgehead atoms. The molecule has 2 aromatic heterocycles. The number of nitrogens with two attached hydrogens (primary N) is 1. The second-order valence-corrected chi connectivity index (χ2v) is 7.45. The van der Waals surface area contributed by atoms with Crippen LogP contribution in [0.3, 0.4) is 0 Å². The molecular formula is C22H19F3N6O3. The van der Waals surface area contributed by atoms with Gasteiger partial charge in [0.2, 0.25) is 5.88 Å². The van der Waals surface area contributed by atoms with E-state index in [4.69, 9.17) is 10.5 Å². The Hall–Kier alpha value is -4.22. The Labute approximate surface area is 192 Å². The van der Waals surface area contributed by atoms with E-state index in [9.17, 15) is 22.8 Å². The third kappa shape index (κ3) is 4.21. The molecule has 4 rings (SSSR count). The molecule has 1 aliphatic rings. The maximum Gasteiger partial charge on any atom is 0.417 e. The molecule has 9 nitrogen and oxygen atoms in total. The van der Waals surface area contributed by atoms with Gasteiger partial charge in [-0.1, -0.05) is 6.92 Å². The lowest BCUT2D eigenvalue weighted by Gasteiger charge is -2.21. The summed E-state index contributed by atoms with van der Waals surface area (Å²) in [4.78, 5) is 39.2. The first kappa shape index (κ1) is 23.0. The number of hydrogen-bond acceptors (Lipinski definition) is 7. The van der Waals surface area contributed by atoms with Gasteiger partial charge in [0.25, 0.3) is 5.91 Å². The number of carbonyl (C=O) groups excluding carboxylic acids is 2. The number of pyridine rings is 1. The highest BCUT2D eigenvalue weighted by Gasteiger charge is 2.40. The van der Waals surface area contributed by atoms with Gasteiger partial charge in [0.05, 0.1) is 23.1 Å². The van der Waals surface area contributed by atoms with Gasteiger partial charge in [-0.15, -0.1) is 0 Å². The van der Waals surface area contributed by atoms with Crippen LogP contribution in [0.1, 0.15) is 23.6 Å². The number of hydrogen-bond donors (Lipinski definition) is 1. The molecule has 1 fully saturated rings. The molecule has 3 aromatic rings. The number of urea groups is 1. The maximum atomic E-state index is 13.1. The number of rotatable bonds is 5. The van der Waals surface area contributed by atoms with E-state index in [0.717, 1.165) is 27.6 Å². The molecule has 0 saturated carbocycles. The molecule has 176 valence electrons. The Bertz CT molecular complexity index is 1280. The first-order chi connectivity index (χ1) is 16.1. The van der Waals surface area contributed by atoms with Crippen LogP contribution in [0, 0.1) is 6.92 Å². The molecular weight excluding hydrogens is 453 g/mol. The molecule has 0 radical (unpaired) electrons. The second kappa shape index (κ2) is 8.61. The van der Waals surface area contributed by atoms with E-state index in [1.165, 1.54) is 18.5 Å². The van der Waals surface area contributed by atoms with Crippen LogP contribution >= 0.6 is 0 Å². The predicted molar refractivity (Wildman–Crippen MR) is 117 cm³/mol. The summed E-state index contributed by atoms with van der Waals surface area (Å²) in [6.07, 6.45) is -1.10. The van der Waals surface area contributed by atoms with Crippen molar-refractivity contribution in [2.24, 2.45) is 0 Å². The number of nitrogens with zero attached hydrogens (tertiary/aromatic N) is 5. The summed E-state index contributed by atoms with van der Waals surface area (Å²) >= 11 is 0. The molecule has 3 amide bonds. The number of aromatic nitrogens is 3. The van der Waals surface area contributed by atoms with E-state index < -0.39 is 30.2 Å². The number of anilines is 3.